The predicted molar refractivity (Wildman–Crippen MR) is 115 cm³/mol. The summed E-state index contributed by atoms with van der Waals surface area (Å²) in [5.74, 6) is -1.24. The molecule has 2 heterocycles. The third kappa shape index (κ3) is 4.14. The number of unbranched alkanes of at least 4 members (excludes halogenated alkanes) is 3. The van der Waals surface area contributed by atoms with Gasteiger partial charge < -0.3 is 5.32 Å². The van der Waals surface area contributed by atoms with E-state index >= 15 is 0 Å². The van der Waals surface area contributed by atoms with Crippen molar-refractivity contribution < 1.29 is 14.0 Å². The first-order valence-corrected chi connectivity index (χ1v) is 10.4. The number of amides is 2. The van der Waals surface area contributed by atoms with Gasteiger partial charge in [0.2, 0.25) is 0 Å². The van der Waals surface area contributed by atoms with Gasteiger partial charge in [-0.2, -0.15) is 0 Å². The second kappa shape index (κ2) is 8.79. The van der Waals surface area contributed by atoms with E-state index in [1.807, 2.05) is 24.3 Å². The van der Waals surface area contributed by atoms with Gasteiger partial charge in [0.1, 0.15) is 5.82 Å². The second-order valence-electron chi connectivity index (χ2n) is 7.31. The predicted octanol–water partition coefficient (Wildman–Crippen LogP) is 5.30. The van der Waals surface area contributed by atoms with Crippen LogP contribution in [-0.2, 0) is 0 Å². The average molecular weight is 426 g/mol. The summed E-state index contributed by atoms with van der Waals surface area (Å²) >= 11 is 6.02. The summed E-state index contributed by atoms with van der Waals surface area (Å²) in [6, 6.07) is 11.3. The van der Waals surface area contributed by atoms with Crippen LogP contribution in [-0.4, -0.2) is 34.8 Å². The highest BCUT2D eigenvalue weighted by Gasteiger charge is 2.35. The molecule has 0 fully saturated rings. The van der Waals surface area contributed by atoms with Gasteiger partial charge in [-0.25, -0.2) is 4.39 Å². The topological polar surface area (TPSA) is 62.3 Å². The van der Waals surface area contributed by atoms with Crippen molar-refractivity contribution in [2.45, 2.75) is 25.7 Å². The summed E-state index contributed by atoms with van der Waals surface area (Å²) in [6.45, 7) is 1.17. The summed E-state index contributed by atoms with van der Waals surface area (Å²) in [5, 5.41) is 5.13. The van der Waals surface area contributed by atoms with Crippen LogP contribution < -0.4 is 5.32 Å². The molecule has 0 saturated carbocycles. The van der Waals surface area contributed by atoms with Gasteiger partial charge in [0.25, 0.3) is 11.8 Å². The van der Waals surface area contributed by atoms with E-state index in [0.29, 0.717) is 11.6 Å². The number of benzene rings is 2. The number of rotatable bonds is 8. The van der Waals surface area contributed by atoms with Crippen molar-refractivity contribution in [2.75, 3.05) is 18.4 Å². The van der Waals surface area contributed by atoms with Gasteiger partial charge in [-0.3, -0.25) is 19.5 Å². The highest BCUT2D eigenvalue weighted by molar-refractivity contribution is 6.31. The molecule has 4 rings (SSSR count). The van der Waals surface area contributed by atoms with Crippen molar-refractivity contribution in [3.63, 3.8) is 0 Å². The van der Waals surface area contributed by atoms with Gasteiger partial charge in [-0.15, -0.1) is 0 Å². The largest absolute Gasteiger partial charge is 0.384 e. The molecule has 0 atom stereocenters. The number of carbonyl (C=O) groups excluding carboxylic acids is 2. The molecule has 1 aliphatic heterocycles. The molecule has 1 aromatic heterocycles. The molecule has 0 bridgehead atoms. The van der Waals surface area contributed by atoms with Gasteiger partial charge >= 0.3 is 0 Å². The summed E-state index contributed by atoms with van der Waals surface area (Å²) in [4.78, 5) is 30.2. The normalized spacial score (nSPS) is 13.2. The van der Waals surface area contributed by atoms with Crippen LogP contribution in [0.15, 0.2) is 48.7 Å². The number of hydrogen-bond donors (Lipinski definition) is 1. The van der Waals surface area contributed by atoms with Gasteiger partial charge in [-0.05, 0) is 55.3 Å². The van der Waals surface area contributed by atoms with Crippen molar-refractivity contribution in [3.8, 4) is 0 Å². The van der Waals surface area contributed by atoms with Crippen molar-refractivity contribution in [1.29, 1.82) is 0 Å². The molecule has 30 heavy (non-hydrogen) atoms. The summed E-state index contributed by atoms with van der Waals surface area (Å²) in [6.07, 6.45) is 5.32. The average Bonchev–Trinajstić information content (AvgIpc) is 2.96. The third-order valence-electron chi connectivity index (χ3n) is 5.26. The number of nitrogens with one attached hydrogen (secondary N) is 1. The first kappa shape index (κ1) is 20.3. The highest BCUT2D eigenvalue weighted by Crippen LogP contribution is 2.25. The van der Waals surface area contributed by atoms with E-state index < -0.39 is 11.7 Å². The van der Waals surface area contributed by atoms with E-state index in [9.17, 15) is 14.0 Å². The summed E-state index contributed by atoms with van der Waals surface area (Å²) < 4.78 is 13.3. The van der Waals surface area contributed by atoms with Crippen LogP contribution in [0.3, 0.4) is 0 Å². The summed E-state index contributed by atoms with van der Waals surface area (Å²) in [7, 11) is 0. The lowest BCUT2D eigenvalue weighted by Crippen LogP contribution is -2.30. The molecular weight excluding hydrogens is 405 g/mol. The number of anilines is 1. The lowest BCUT2D eigenvalue weighted by Gasteiger charge is -2.13. The fourth-order valence-corrected chi connectivity index (χ4v) is 3.88. The molecule has 0 spiro atoms. The van der Waals surface area contributed by atoms with Crippen LogP contribution in [0.25, 0.3) is 10.9 Å². The number of hydrogen-bond acceptors (Lipinski definition) is 4. The van der Waals surface area contributed by atoms with E-state index in [2.05, 4.69) is 10.3 Å². The van der Waals surface area contributed by atoms with Crippen LogP contribution in [0.4, 0.5) is 10.1 Å². The van der Waals surface area contributed by atoms with Gasteiger partial charge in [0.15, 0.2) is 0 Å². The number of carbonyl (C=O) groups is 2. The number of imide groups is 1. The number of pyridine rings is 1. The third-order valence-corrected chi connectivity index (χ3v) is 5.50. The van der Waals surface area contributed by atoms with Crippen molar-refractivity contribution in [1.82, 2.24) is 9.88 Å². The van der Waals surface area contributed by atoms with E-state index in [0.717, 1.165) is 54.9 Å². The Bertz CT molecular complexity index is 1120. The molecule has 1 N–H and O–H groups in total. The zero-order valence-corrected chi connectivity index (χ0v) is 17.1. The molecule has 7 heteroatoms. The zero-order valence-electron chi connectivity index (χ0n) is 16.3. The minimum atomic E-state index is -0.505. The molecule has 1 aliphatic rings. The van der Waals surface area contributed by atoms with Gasteiger partial charge in [0, 0.05) is 35.4 Å². The fraction of sp³-hybridized carbons (Fsp3) is 0.261. The van der Waals surface area contributed by atoms with Crippen LogP contribution in [0.2, 0.25) is 5.02 Å². The number of fused-ring (bicyclic) bond motifs is 2. The molecule has 0 unspecified atom stereocenters. The molecule has 3 aromatic rings. The molecule has 2 amide bonds. The first-order valence-electron chi connectivity index (χ1n) is 9.98. The van der Waals surface area contributed by atoms with E-state index in [4.69, 9.17) is 11.6 Å². The molecule has 0 aliphatic carbocycles. The maximum Gasteiger partial charge on any atom is 0.261 e. The standard InChI is InChI=1S/C23H21ClFN3O2/c24-15-5-7-18-20(9-11-27-21(18)13-15)26-10-3-1-2-4-12-28-22(29)17-8-6-16(25)14-19(17)23(28)30/h5-9,11,13-14H,1-4,10,12H2,(H,26,27). The highest BCUT2D eigenvalue weighted by atomic mass is 35.5. The smallest absolute Gasteiger partial charge is 0.261 e. The van der Waals surface area contributed by atoms with Crippen LogP contribution in [0, 0.1) is 5.82 Å². The Morgan fingerprint density at radius 3 is 2.60 bits per heavy atom. The zero-order chi connectivity index (χ0) is 21.1. The Labute approximate surface area is 178 Å². The maximum atomic E-state index is 13.3. The number of aromatic nitrogens is 1. The summed E-state index contributed by atoms with van der Waals surface area (Å²) in [5.41, 5.74) is 2.33. The quantitative estimate of drug-likeness (QED) is 0.393. The monoisotopic (exact) mass is 425 g/mol. The van der Waals surface area contributed by atoms with E-state index in [1.165, 1.54) is 17.0 Å². The lowest BCUT2D eigenvalue weighted by atomic mass is 10.1. The van der Waals surface area contributed by atoms with Crippen LogP contribution >= 0.6 is 11.6 Å². The van der Waals surface area contributed by atoms with E-state index in [-0.39, 0.29) is 17.0 Å². The number of nitrogens with zero attached hydrogens (tertiary/aromatic N) is 2. The van der Waals surface area contributed by atoms with Crippen molar-refractivity contribution in [3.05, 3.63) is 70.6 Å². The molecule has 0 radical (unpaired) electrons. The molecule has 0 saturated heterocycles. The van der Waals surface area contributed by atoms with Crippen LogP contribution in [0.1, 0.15) is 46.4 Å². The minimum Gasteiger partial charge on any atom is -0.384 e. The first-order chi connectivity index (χ1) is 14.5. The second-order valence-corrected chi connectivity index (χ2v) is 7.75. The Kier molecular flexibility index (Phi) is 5.95. The lowest BCUT2D eigenvalue weighted by molar-refractivity contribution is 0.0651. The number of halogens is 2. The van der Waals surface area contributed by atoms with E-state index in [1.54, 1.807) is 6.20 Å². The molecule has 154 valence electrons. The maximum absolute atomic E-state index is 13.3. The SMILES string of the molecule is O=C1c2ccc(F)cc2C(=O)N1CCCCCCNc1ccnc2cc(Cl)ccc12. The molecule has 5 nitrogen and oxygen atoms in total. The van der Waals surface area contributed by atoms with Crippen LogP contribution in [0.5, 0.6) is 0 Å². The van der Waals surface area contributed by atoms with Crippen molar-refractivity contribution in [2.24, 2.45) is 0 Å². The Balaban J connectivity index is 1.21. The Morgan fingerprint density at radius 2 is 1.73 bits per heavy atom. The van der Waals surface area contributed by atoms with Crippen molar-refractivity contribution >= 4 is 40.0 Å². The van der Waals surface area contributed by atoms with Gasteiger partial charge in [0.05, 0.1) is 16.6 Å². The Morgan fingerprint density at radius 1 is 0.933 bits per heavy atom. The minimum absolute atomic E-state index is 0.162. The fourth-order valence-electron chi connectivity index (χ4n) is 3.71. The molecule has 2 aromatic carbocycles. The Hall–Kier alpha value is -2.99. The molecular formula is C23H21ClFN3O2. The van der Waals surface area contributed by atoms with Gasteiger partial charge in [-0.1, -0.05) is 24.4 Å².